The van der Waals surface area contributed by atoms with Crippen LogP contribution in [0.4, 0.5) is 27.4 Å². The first-order valence-electron chi connectivity index (χ1n) is 11.0. The molecule has 0 radical (unpaired) electrons. The Kier molecular flexibility index (Phi) is 6.74. The summed E-state index contributed by atoms with van der Waals surface area (Å²) in [5, 5.41) is 6.88. The van der Waals surface area contributed by atoms with E-state index >= 15 is 0 Å². The van der Waals surface area contributed by atoms with Crippen LogP contribution in [-0.4, -0.2) is 60.0 Å². The third-order valence-corrected chi connectivity index (χ3v) is 5.45. The zero-order valence-corrected chi connectivity index (χ0v) is 19.7. The molecule has 8 nitrogen and oxygen atoms in total. The van der Waals surface area contributed by atoms with Gasteiger partial charge in [0.2, 0.25) is 11.9 Å². The molecule has 4 aromatic rings. The molecule has 2 aromatic carbocycles. The van der Waals surface area contributed by atoms with Gasteiger partial charge in [-0.3, -0.25) is 4.79 Å². The normalized spacial score (nSPS) is 11.1. The molecule has 3 N–H and O–H groups in total. The fraction of sp³-hybridized carbons (Fsp3) is 0.240. The summed E-state index contributed by atoms with van der Waals surface area (Å²) in [6, 6.07) is 12.5. The van der Waals surface area contributed by atoms with Gasteiger partial charge in [-0.2, -0.15) is 0 Å². The van der Waals surface area contributed by atoms with Crippen LogP contribution in [0.1, 0.15) is 6.92 Å². The molecule has 0 aliphatic rings. The van der Waals surface area contributed by atoms with Gasteiger partial charge in [-0.05, 0) is 44.4 Å². The van der Waals surface area contributed by atoms with E-state index in [1.807, 2.05) is 45.4 Å². The van der Waals surface area contributed by atoms with Gasteiger partial charge in [0.1, 0.15) is 5.82 Å². The average Bonchev–Trinajstić information content (AvgIpc) is 3.23. The number of para-hydroxylation sites is 1. The zero-order chi connectivity index (χ0) is 24.2. The standard InChI is InChI=1S/C25H28FN7O/c1-16(34)29-22-14-17(8-9-23(22)33(4)13-12-32(2)3)30-25-27-11-10-21(31-25)19-15-28-24-18(19)6-5-7-20(24)26/h5-11,14-15,28H,12-13H2,1-4H3,(H,29,34)(H,27,30,31). The van der Waals surface area contributed by atoms with Gasteiger partial charge in [0, 0.05) is 56.1 Å². The van der Waals surface area contributed by atoms with Crippen molar-refractivity contribution in [2.75, 3.05) is 49.8 Å². The van der Waals surface area contributed by atoms with Crippen LogP contribution in [0.25, 0.3) is 22.2 Å². The molecular formula is C25H28FN7O. The van der Waals surface area contributed by atoms with E-state index in [1.165, 1.54) is 13.0 Å². The molecule has 0 spiro atoms. The van der Waals surface area contributed by atoms with E-state index in [4.69, 9.17) is 0 Å². The number of H-pyrrole nitrogens is 1. The van der Waals surface area contributed by atoms with Crippen molar-refractivity contribution in [3.8, 4) is 11.3 Å². The molecule has 0 aliphatic heterocycles. The molecular weight excluding hydrogens is 433 g/mol. The Morgan fingerprint density at radius 2 is 1.94 bits per heavy atom. The molecule has 0 atom stereocenters. The molecule has 2 aromatic heterocycles. The van der Waals surface area contributed by atoms with Gasteiger partial charge in [-0.25, -0.2) is 14.4 Å². The number of halogens is 1. The minimum Gasteiger partial charge on any atom is -0.372 e. The molecule has 0 unspecified atom stereocenters. The highest BCUT2D eigenvalue weighted by molar-refractivity contribution is 5.95. The summed E-state index contributed by atoms with van der Waals surface area (Å²) in [5.41, 5.74) is 4.24. The minimum atomic E-state index is -0.308. The summed E-state index contributed by atoms with van der Waals surface area (Å²) >= 11 is 0. The van der Waals surface area contributed by atoms with E-state index in [1.54, 1.807) is 24.5 Å². The van der Waals surface area contributed by atoms with Crippen molar-refractivity contribution in [3.63, 3.8) is 0 Å². The highest BCUT2D eigenvalue weighted by Crippen LogP contribution is 2.31. The van der Waals surface area contributed by atoms with Gasteiger partial charge < -0.3 is 25.4 Å². The van der Waals surface area contributed by atoms with Crippen LogP contribution in [-0.2, 0) is 4.79 Å². The third kappa shape index (κ3) is 5.15. The smallest absolute Gasteiger partial charge is 0.227 e. The molecule has 176 valence electrons. The summed E-state index contributed by atoms with van der Waals surface area (Å²) in [4.78, 5) is 28.0. The number of anilines is 4. The molecule has 34 heavy (non-hydrogen) atoms. The highest BCUT2D eigenvalue weighted by Gasteiger charge is 2.13. The summed E-state index contributed by atoms with van der Waals surface area (Å²) in [6.07, 6.45) is 3.40. The number of carbonyl (C=O) groups excluding carboxylic acids is 1. The van der Waals surface area contributed by atoms with Crippen LogP contribution >= 0.6 is 0 Å². The summed E-state index contributed by atoms with van der Waals surface area (Å²) in [5.74, 6) is -0.0627. The van der Waals surface area contributed by atoms with E-state index in [9.17, 15) is 9.18 Å². The van der Waals surface area contributed by atoms with E-state index < -0.39 is 0 Å². The van der Waals surface area contributed by atoms with Gasteiger partial charge in [-0.15, -0.1) is 0 Å². The Balaban J connectivity index is 1.61. The van der Waals surface area contributed by atoms with Crippen LogP contribution in [0.15, 0.2) is 54.9 Å². The number of aromatic amines is 1. The maximum absolute atomic E-state index is 14.1. The monoisotopic (exact) mass is 461 g/mol. The SMILES string of the molecule is CC(=O)Nc1cc(Nc2nccc(-c3c[nH]c4c(F)cccc34)n2)ccc1N(C)CCN(C)C. The second-order valence-corrected chi connectivity index (χ2v) is 8.39. The number of amides is 1. The number of fused-ring (bicyclic) bond motifs is 1. The van der Waals surface area contributed by atoms with Crippen molar-refractivity contribution in [3.05, 3.63) is 60.7 Å². The van der Waals surface area contributed by atoms with Gasteiger partial charge >= 0.3 is 0 Å². The molecule has 0 saturated heterocycles. The average molecular weight is 462 g/mol. The van der Waals surface area contributed by atoms with Crippen LogP contribution in [0, 0.1) is 5.82 Å². The molecule has 0 bridgehead atoms. The predicted molar refractivity (Wildman–Crippen MR) is 135 cm³/mol. The first-order chi connectivity index (χ1) is 16.3. The Bertz CT molecular complexity index is 1320. The van der Waals surface area contributed by atoms with Crippen molar-refractivity contribution >= 4 is 39.8 Å². The fourth-order valence-electron chi connectivity index (χ4n) is 3.73. The number of hydrogen-bond donors (Lipinski definition) is 3. The number of aromatic nitrogens is 3. The first-order valence-corrected chi connectivity index (χ1v) is 11.0. The number of nitrogens with one attached hydrogen (secondary N) is 3. The number of carbonyl (C=O) groups is 1. The minimum absolute atomic E-state index is 0.149. The number of rotatable bonds is 8. The van der Waals surface area contributed by atoms with E-state index in [-0.39, 0.29) is 11.7 Å². The van der Waals surface area contributed by atoms with Crippen LogP contribution in [0.3, 0.4) is 0 Å². The number of hydrogen-bond acceptors (Lipinski definition) is 6. The van der Waals surface area contributed by atoms with Crippen molar-refractivity contribution in [2.24, 2.45) is 0 Å². The molecule has 0 aliphatic carbocycles. The Hall–Kier alpha value is -3.98. The maximum Gasteiger partial charge on any atom is 0.227 e. The summed E-state index contributed by atoms with van der Waals surface area (Å²) < 4.78 is 14.1. The lowest BCUT2D eigenvalue weighted by molar-refractivity contribution is -0.114. The highest BCUT2D eigenvalue weighted by atomic mass is 19.1. The largest absolute Gasteiger partial charge is 0.372 e. The molecule has 4 rings (SSSR count). The van der Waals surface area contributed by atoms with Gasteiger partial charge in [0.05, 0.1) is 22.6 Å². The third-order valence-electron chi connectivity index (χ3n) is 5.45. The Morgan fingerprint density at radius 1 is 1.12 bits per heavy atom. The van der Waals surface area contributed by atoms with Gasteiger partial charge in [0.25, 0.3) is 0 Å². The maximum atomic E-state index is 14.1. The van der Waals surface area contributed by atoms with Crippen molar-refractivity contribution in [2.45, 2.75) is 6.92 Å². The van der Waals surface area contributed by atoms with Crippen LogP contribution < -0.4 is 15.5 Å². The molecule has 0 saturated carbocycles. The van der Waals surface area contributed by atoms with Crippen molar-refractivity contribution in [1.29, 1.82) is 0 Å². The fourth-order valence-corrected chi connectivity index (χ4v) is 3.73. The van der Waals surface area contributed by atoms with Gasteiger partial charge in [0.15, 0.2) is 0 Å². The topological polar surface area (TPSA) is 89.2 Å². The molecule has 0 fully saturated rings. The van der Waals surface area contributed by atoms with Gasteiger partial charge in [-0.1, -0.05) is 12.1 Å². The number of nitrogens with zero attached hydrogens (tertiary/aromatic N) is 4. The number of benzene rings is 2. The zero-order valence-electron chi connectivity index (χ0n) is 19.7. The lowest BCUT2D eigenvalue weighted by atomic mass is 10.1. The van der Waals surface area contributed by atoms with E-state index in [0.29, 0.717) is 22.8 Å². The van der Waals surface area contributed by atoms with Crippen molar-refractivity contribution in [1.82, 2.24) is 19.9 Å². The predicted octanol–water partition coefficient (Wildman–Crippen LogP) is 4.46. The molecule has 2 heterocycles. The summed E-state index contributed by atoms with van der Waals surface area (Å²) in [6.45, 7) is 3.18. The second kappa shape index (κ2) is 9.88. The van der Waals surface area contributed by atoms with Crippen LogP contribution in [0.5, 0.6) is 0 Å². The number of likely N-dealkylation sites (N-methyl/N-ethyl adjacent to an activating group) is 2. The van der Waals surface area contributed by atoms with E-state index in [2.05, 4.69) is 35.4 Å². The Labute approximate surface area is 197 Å². The quantitative estimate of drug-likeness (QED) is 0.359. The molecule has 9 heteroatoms. The molecule has 1 amide bonds. The van der Waals surface area contributed by atoms with E-state index in [0.717, 1.165) is 35.4 Å². The lowest BCUT2D eigenvalue weighted by Gasteiger charge is -2.24. The Morgan fingerprint density at radius 3 is 2.71 bits per heavy atom. The van der Waals surface area contributed by atoms with Crippen LogP contribution in [0.2, 0.25) is 0 Å². The first kappa shape index (κ1) is 23.2. The summed E-state index contributed by atoms with van der Waals surface area (Å²) in [7, 11) is 6.04. The lowest BCUT2D eigenvalue weighted by Crippen LogP contribution is -2.29. The second-order valence-electron chi connectivity index (χ2n) is 8.39. The van der Waals surface area contributed by atoms with Crippen molar-refractivity contribution < 1.29 is 9.18 Å².